The minimum Gasteiger partial charge on any atom is -0.437 e. The lowest BCUT2D eigenvalue weighted by Crippen LogP contribution is -2.01. The van der Waals surface area contributed by atoms with Gasteiger partial charge in [-0.15, -0.1) is 0 Å². The van der Waals surface area contributed by atoms with Crippen LogP contribution in [0.25, 0.3) is 10.8 Å². The Morgan fingerprint density at radius 1 is 1.20 bits per heavy atom. The first kappa shape index (κ1) is 12.0. The second-order valence-corrected chi connectivity index (χ2v) is 4.05. The van der Waals surface area contributed by atoms with E-state index in [-0.39, 0.29) is 17.3 Å². The van der Waals surface area contributed by atoms with Gasteiger partial charge in [-0.2, -0.15) is 0 Å². The number of carbonyl (C=O) groups excluding carboxylic acids is 1. The Morgan fingerprint density at radius 3 is 2.95 bits per heavy atom. The van der Waals surface area contributed by atoms with Crippen LogP contribution in [0, 0.1) is 0 Å². The number of nitrogens with two attached hydrogens (primary N) is 1. The van der Waals surface area contributed by atoms with Gasteiger partial charge < -0.3 is 10.5 Å². The predicted octanol–water partition coefficient (Wildman–Crippen LogP) is 2.21. The molecule has 0 aliphatic carbocycles. The number of aldehydes is 1. The molecular weight excluding hydrogens is 256 g/mol. The second kappa shape index (κ2) is 4.93. The van der Waals surface area contributed by atoms with Gasteiger partial charge >= 0.3 is 0 Å². The van der Waals surface area contributed by atoms with Gasteiger partial charge in [0.2, 0.25) is 5.88 Å². The Morgan fingerprint density at radius 2 is 2.10 bits per heavy atom. The lowest BCUT2D eigenvalue weighted by atomic mass is 10.1. The predicted molar refractivity (Wildman–Crippen MR) is 73.6 cm³/mol. The maximum Gasteiger partial charge on any atom is 0.235 e. The zero-order valence-corrected chi connectivity index (χ0v) is 10.4. The van der Waals surface area contributed by atoms with Gasteiger partial charge in [0, 0.05) is 23.2 Å². The maximum atomic E-state index is 11.1. The number of fused-ring (bicyclic) bond motifs is 1. The van der Waals surface area contributed by atoms with Crippen LogP contribution in [0.4, 0.5) is 5.82 Å². The Hall–Kier alpha value is -3.02. The highest BCUT2D eigenvalue weighted by Gasteiger charge is 2.12. The van der Waals surface area contributed by atoms with Crippen molar-refractivity contribution in [1.29, 1.82) is 0 Å². The Balaban J connectivity index is 2.10. The minimum atomic E-state index is 0.0897. The van der Waals surface area contributed by atoms with Crippen molar-refractivity contribution in [3.8, 4) is 11.6 Å². The highest BCUT2D eigenvalue weighted by atomic mass is 16.5. The van der Waals surface area contributed by atoms with Gasteiger partial charge in [-0.25, -0.2) is 9.97 Å². The number of nitrogens with zero attached hydrogens (tertiary/aromatic N) is 3. The van der Waals surface area contributed by atoms with Gasteiger partial charge in [0.15, 0.2) is 6.29 Å². The lowest BCUT2D eigenvalue weighted by molar-refractivity contribution is 0.112. The number of anilines is 1. The van der Waals surface area contributed by atoms with Crippen LogP contribution in [0.2, 0.25) is 0 Å². The van der Waals surface area contributed by atoms with Gasteiger partial charge in [0.05, 0.1) is 0 Å². The van der Waals surface area contributed by atoms with Gasteiger partial charge in [0.1, 0.15) is 23.5 Å². The number of nitrogen functional groups attached to an aromatic ring is 1. The summed E-state index contributed by atoms with van der Waals surface area (Å²) < 4.78 is 5.70. The average Bonchev–Trinajstić information content (AvgIpc) is 2.48. The molecule has 0 saturated carbocycles. The summed E-state index contributed by atoms with van der Waals surface area (Å²) in [6.07, 6.45) is 5.24. The highest BCUT2D eigenvalue weighted by Crippen LogP contribution is 2.30. The largest absolute Gasteiger partial charge is 0.437 e. The fourth-order valence-corrected chi connectivity index (χ4v) is 1.87. The van der Waals surface area contributed by atoms with Crippen LogP contribution in [0.3, 0.4) is 0 Å². The molecule has 0 bridgehead atoms. The van der Waals surface area contributed by atoms with Crippen LogP contribution in [-0.4, -0.2) is 21.2 Å². The molecule has 3 aromatic rings. The Bertz CT molecular complexity index is 784. The fraction of sp³-hybridized carbons (Fsp3) is 0. The van der Waals surface area contributed by atoms with E-state index in [1.807, 2.05) is 18.2 Å². The number of hydrogen-bond donors (Lipinski definition) is 1. The molecule has 6 nitrogen and oxygen atoms in total. The lowest BCUT2D eigenvalue weighted by Gasteiger charge is -2.09. The van der Waals surface area contributed by atoms with Gasteiger partial charge in [-0.3, -0.25) is 9.78 Å². The first-order chi connectivity index (χ1) is 9.79. The molecular formula is C14H10N4O2. The molecule has 3 rings (SSSR count). The van der Waals surface area contributed by atoms with E-state index in [0.717, 1.165) is 10.8 Å². The smallest absolute Gasteiger partial charge is 0.235 e. The van der Waals surface area contributed by atoms with Crippen LogP contribution < -0.4 is 10.5 Å². The van der Waals surface area contributed by atoms with Gasteiger partial charge in [-0.1, -0.05) is 12.1 Å². The number of rotatable bonds is 3. The first-order valence-electron chi connectivity index (χ1n) is 5.86. The number of ether oxygens (including phenoxy) is 1. The third-order valence-electron chi connectivity index (χ3n) is 2.84. The van der Waals surface area contributed by atoms with Crippen LogP contribution in [0.5, 0.6) is 11.6 Å². The van der Waals surface area contributed by atoms with Crippen molar-refractivity contribution < 1.29 is 9.53 Å². The minimum absolute atomic E-state index is 0.0897. The molecule has 0 fully saturated rings. The third-order valence-corrected chi connectivity index (χ3v) is 2.84. The van der Waals surface area contributed by atoms with E-state index in [2.05, 4.69) is 15.0 Å². The third kappa shape index (κ3) is 2.03. The molecule has 6 heteroatoms. The van der Waals surface area contributed by atoms with Crippen molar-refractivity contribution in [3.05, 3.63) is 48.5 Å². The van der Waals surface area contributed by atoms with Crippen LogP contribution in [-0.2, 0) is 0 Å². The topological polar surface area (TPSA) is 91.0 Å². The molecule has 0 amide bonds. The molecule has 2 aromatic heterocycles. The molecule has 0 unspecified atom stereocenters. The summed E-state index contributed by atoms with van der Waals surface area (Å²) in [6.45, 7) is 0. The normalized spacial score (nSPS) is 10.4. The van der Waals surface area contributed by atoms with Gasteiger partial charge in [-0.05, 0) is 12.1 Å². The SMILES string of the molecule is Nc1ncnc(Oc2cccc3cnccc23)c1C=O. The van der Waals surface area contributed by atoms with E-state index in [4.69, 9.17) is 10.5 Å². The number of pyridine rings is 1. The molecule has 0 atom stereocenters. The molecule has 2 N–H and O–H groups in total. The summed E-state index contributed by atoms with van der Waals surface area (Å²) in [5.74, 6) is 0.801. The standard InChI is InChI=1S/C14H10N4O2/c15-13-11(7-19)14(18-8-17-13)20-12-3-1-2-9-6-16-5-4-10(9)12/h1-8H,(H2,15,17,18). The van der Waals surface area contributed by atoms with Crippen molar-refractivity contribution in [1.82, 2.24) is 15.0 Å². The summed E-state index contributed by atoms with van der Waals surface area (Å²) in [5, 5.41) is 1.80. The number of aromatic nitrogens is 3. The molecule has 1 aromatic carbocycles. The average molecular weight is 266 g/mol. The molecule has 0 aliphatic rings. The quantitative estimate of drug-likeness (QED) is 0.731. The summed E-state index contributed by atoms with van der Waals surface area (Å²) in [4.78, 5) is 22.8. The number of carbonyl (C=O) groups is 1. The van der Waals surface area contributed by atoms with E-state index in [0.29, 0.717) is 12.0 Å². The highest BCUT2D eigenvalue weighted by molar-refractivity contribution is 5.89. The van der Waals surface area contributed by atoms with Crippen LogP contribution in [0.1, 0.15) is 10.4 Å². The van der Waals surface area contributed by atoms with E-state index in [1.165, 1.54) is 6.33 Å². The van der Waals surface area contributed by atoms with Crippen molar-refractivity contribution in [2.75, 3.05) is 5.73 Å². The monoisotopic (exact) mass is 266 g/mol. The molecule has 0 spiro atoms. The van der Waals surface area contributed by atoms with Crippen molar-refractivity contribution in [2.45, 2.75) is 0 Å². The van der Waals surface area contributed by atoms with E-state index in [9.17, 15) is 4.79 Å². The first-order valence-corrected chi connectivity index (χ1v) is 5.86. The van der Waals surface area contributed by atoms with Crippen molar-refractivity contribution in [3.63, 3.8) is 0 Å². The molecule has 2 heterocycles. The second-order valence-electron chi connectivity index (χ2n) is 4.05. The van der Waals surface area contributed by atoms with Crippen LogP contribution in [0.15, 0.2) is 43.0 Å². The fourth-order valence-electron chi connectivity index (χ4n) is 1.87. The molecule has 98 valence electrons. The summed E-state index contributed by atoms with van der Waals surface area (Å²) >= 11 is 0. The maximum absolute atomic E-state index is 11.1. The zero-order valence-electron chi connectivity index (χ0n) is 10.4. The molecule has 0 aliphatic heterocycles. The number of hydrogen-bond acceptors (Lipinski definition) is 6. The summed E-state index contributed by atoms with van der Waals surface area (Å²) in [5.41, 5.74) is 5.76. The number of benzene rings is 1. The summed E-state index contributed by atoms with van der Waals surface area (Å²) in [7, 11) is 0. The Labute approximate surface area is 114 Å². The van der Waals surface area contributed by atoms with Gasteiger partial charge in [0.25, 0.3) is 0 Å². The van der Waals surface area contributed by atoms with Crippen molar-refractivity contribution in [2.24, 2.45) is 0 Å². The Kier molecular flexibility index (Phi) is 2.96. The summed E-state index contributed by atoms with van der Waals surface area (Å²) in [6, 6.07) is 7.37. The molecule has 0 saturated heterocycles. The molecule has 0 radical (unpaired) electrons. The van der Waals surface area contributed by atoms with Crippen LogP contribution >= 0.6 is 0 Å². The van der Waals surface area contributed by atoms with E-state index < -0.39 is 0 Å². The van der Waals surface area contributed by atoms with E-state index in [1.54, 1.807) is 18.5 Å². The molecule has 20 heavy (non-hydrogen) atoms. The van der Waals surface area contributed by atoms with E-state index >= 15 is 0 Å². The van der Waals surface area contributed by atoms with Crippen molar-refractivity contribution >= 4 is 22.9 Å². The zero-order chi connectivity index (χ0) is 13.9.